The Hall–Kier alpha value is -2.37. The van der Waals surface area contributed by atoms with Gasteiger partial charge < -0.3 is 14.2 Å². The molecule has 0 aromatic heterocycles. The monoisotopic (exact) mass is 717 g/mol. The van der Waals surface area contributed by atoms with Crippen molar-refractivity contribution < 1.29 is 28.6 Å². The zero-order valence-electron chi connectivity index (χ0n) is 33.6. The van der Waals surface area contributed by atoms with E-state index in [1.54, 1.807) is 0 Å². The van der Waals surface area contributed by atoms with E-state index in [0.29, 0.717) is 19.3 Å². The van der Waals surface area contributed by atoms with E-state index >= 15 is 0 Å². The third-order valence-electron chi connectivity index (χ3n) is 9.07. The lowest BCUT2D eigenvalue weighted by atomic mass is 10.1. The minimum absolute atomic E-state index is 0.0824. The Bertz CT molecular complexity index is 876. The van der Waals surface area contributed by atoms with Crippen LogP contribution in [0, 0.1) is 0 Å². The molecule has 0 N–H and O–H groups in total. The van der Waals surface area contributed by atoms with Crippen molar-refractivity contribution in [2.24, 2.45) is 0 Å². The lowest BCUT2D eigenvalue weighted by Crippen LogP contribution is -2.30. The van der Waals surface area contributed by atoms with Crippen LogP contribution in [0.4, 0.5) is 0 Å². The summed E-state index contributed by atoms with van der Waals surface area (Å²) in [6.07, 6.45) is 44.1. The Balaban J connectivity index is 4.40. The van der Waals surface area contributed by atoms with Crippen LogP contribution in [0.15, 0.2) is 36.5 Å². The molecule has 0 rings (SSSR count). The van der Waals surface area contributed by atoms with E-state index in [1.165, 1.54) is 83.5 Å². The maximum atomic E-state index is 12.7. The lowest BCUT2D eigenvalue weighted by Gasteiger charge is -2.18. The fraction of sp³-hybridized carbons (Fsp3) is 0.800. The summed E-state index contributed by atoms with van der Waals surface area (Å²) in [5.41, 5.74) is 0. The van der Waals surface area contributed by atoms with Gasteiger partial charge in [-0.05, 0) is 83.5 Å². The molecule has 0 amide bonds. The predicted molar refractivity (Wildman–Crippen MR) is 215 cm³/mol. The van der Waals surface area contributed by atoms with E-state index in [1.807, 2.05) is 0 Å². The summed E-state index contributed by atoms with van der Waals surface area (Å²) in [4.78, 5) is 37.6. The van der Waals surface area contributed by atoms with Crippen molar-refractivity contribution in [3.63, 3.8) is 0 Å². The van der Waals surface area contributed by atoms with Gasteiger partial charge in [0.2, 0.25) is 0 Å². The van der Waals surface area contributed by atoms with Gasteiger partial charge in [0.05, 0.1) is 0 Å². The molecule has 296 valence electrons. The van der Waals surface area contributed by atoms with Crippen LogP contribution >= 0.6 is 0 Å². The fourth-order valence-electron chi connectivity index (χ4n) is 5.77. The number of carbonyl (C=O) groups excluding carboxylic acids is 3. The molecule has 0 aliphatic heterocycles. The van der Waals surface area contributed by atoms with Crippen molar-refractivity contribution in [1.29, 1.82) is 0 Å². The Morgan fingerprint density at radius 3 is 1.12 bits per heavy atom. The molecule has 0 heterocycles. The number of rotatable bonds is 38. The molecule has 0 radical (unpaired) electrons. The molecule has 0 saturated carbocycles. The van der Waals surface area contributed by atoms with Crippen molar-refractivity contribution in [2.45, 2.75) is 219 Å². The summed E-state index contributed by atoms with van der Waals surface area (Å²) in [5, 5.41) is 0. The molecular weight excluding hydrogens is 636 g/mol. The molecule has 0 aromatic rings. The summed E-state index contributed by atoms with van der Waals surface area (Å²) in [6, 6.07) is 0. The highest BCUT2D eigenvalue weighted by molar-refractivity contribution is 5.71. The zero-order chi connectivity index (χ0) is 37.3. The molecule has 0 aliphatic carbocycles. The second-order valence-electron chi connectivity index (χ2n) is 14.2. The molecule has 6 heteroatoms. The van der Waals surface area contributed by atoms with Crippen LogP contribution < -0.4 is 0 Å². The van der Waals surface area contributed by atoms with Crippen molar-refractivity contribution >= 4 is 17.9 Å². The fourth-order valence-corrected chi connectivity index (χ4v) is 5.77. The summed E-state index contributed by atoms with van der Waals surface area (Å²) in [5.74, 6) is -0.915. The normalized spacial score (nSPS) is 12.3. The summed E-state index contributed by atoms with van der Waals surface area (Å²) in [7, 11) is 0. The third-order valence-corrected chi connectivity index (χ3v) is 9.07. The van der Waals surface area contributed by atoms with Gasteiger partial charge in [-0.3, -0.25) is 14.4 Å². The number of ether oxygens (including phenoxy) is 3. The van der Waals surface area contributed by atoms with E-state index in [-0.39, 0.29) is 31.1 Å². The van der Waals surface area contributed by atoms with Gasteiger partial charge in [-0.15, -0.1) is 0 Å². The predicted octanol–water partition coefficient (Wildman–Crippen LogP) is 13.4. The minimum atomic E-state index is -0.777. The van der Waals surface area contributed by atoms with E-state index in [2.05, 4.69) is 57.2 Å². The molecule has 0 fully saturated rings. The molecule has 0 bridgehead atoms. The van der Waals surface area contributed by atoms with Gasteiger partial charge in [0.15, 0.2) is 6.10 Å². The number of esters is 3. The first kappa shape index (κ1) is 48.6. The Labute approximate surface area is 315 Å². The highest BCUT2D eigenvalue weighted by Crippen LogP contribution is 2.13. The topological polar surface area (TPSA) is 78.9 Å². The van der Waals surface area contributed by atoms with Crippen molar-refractivity contribution in [3.8, 4) is 0 Å². The average molecular weight is 717 g/mol. The standard InChI is InChI=1S/C45H80O6/c1-4-7-10-13-16-19-22-24-26-29-32-35-38-44(47)50-41-42(40-49-43(46)37-34-31-28-25-21-18-15-12-9-6-3)51-45(48)39-36-33-30-27-23-20-17-14-11-8-5-2/h12,14-17,19,42H,4-11,13,18,20-41H2,1-3H3/b15-12-,17-14-,19-16-. The van der Waals surface area contributed by atoms with Gasteiger partial charge in [0, 0.05) is 19.3 Å². The molecule has 0 saturated heterocycles. The van der Waals surface area contributed by atoms with Gasteiger partial charge in [-0.2, -0.15) is 0 Å². The number of unbranched alkanes of at least 4 members (excludes halogenated alkanes) is 21. The third kappa shape index (κ3) is 38.7. The van der Waals surface area contributed by atoms with E-state index in [0.717, 1.165) is 89.9 Å². The molecule has 1 unspecified atom stereocenters. The maximum Gasteiger partial charge on any atom is 0.306 e. The van der Waals surface area contributed by atoms with Crippen LogP contribution in [0.1, 0.15) is 213 Å². The van der Waals surface area contributed by atoms with Gasteiger partial charge in [-0.25, -0.2) is 0 Å². The van der Waals surface area contributed by atoms with E-state index < -0.39 is 6.10 Å². The van der Waals surface area contributed by atoms with Crippen LogP contribution in [0.5, 0.6) is 0 Å². The van der Waals surface area contributed by atoms with Crippen LogP contribution in [0.2, 0.25) is 0 Å². The SMILES string of the molecule is CCC/C=C\CCCCCCCC(=O)OCC(COC(=O)CCCCCCC/C=C\CCCCC)OC(=O)CCCCCCC/C=C\CCCC. The second kappa shape index (κ2) is 40.4. The first-order valence-electron chi connectivity index (χ1n) is 21.5. The maximum absolute atomic E-state index is 12.7. The summed E-state index contributed by atoms with van der Waals surface area (Å²) in [6.45, 7) is 6.47. The molecule has 0 spiro atoms. The highest BCUT2D eigenvalue weighted by atomic mass is 16.6. The highest BCUT2D eigenvalue weighted by Gasteiger charge is 2.19. The Morgan fingerprint density at radius 2 is 0.706 bits per heavy atom. The van der Waals surface area contributed by atoms with Crippen LogP contribution in [-0.2, 0) is 28.6 Å². The van der Waals surface area contributed by atoms with Crippen LogP contribution in [0.3, 0.4) is 0 Å². The Kier molecular flexibility index (Phi) is 38.5. The molecule has 6 nitrogen and oxygen atoms in total. The number of allylic oxidation sites excluding steroid dienone is 6. The smallest absolute Gasteiger partial charge is 0.306 e. The second-order valence-corrected chi connectivity index (χ2v) is 14.2. The van der Waals surface area contributed by atoms with Gasteiger partial charge in [-0.1, -0.05) is 147 Å². The van der Waals surface area contributed by atoms with Crippen LogP contribution in [0.25, 0.3) is 0 Å². The average Bonchev–Trinajstić information content (AvgIpc) is 3.12. The molecule has 51 heavy (non-hydrogen) atoms. The number of carbonyl (C=O) groups is 3. The molecule has 1 atom stereocenters. The van der Waals surface area contributed by atoms with Crippen molar-refractivity contribution in [2.75, 3.05) is 13.2 Å². The Morgan fingerprint density at radius 1 is 0.373 bits per heavy atom. The van der Waals surface area contributed by atoms with E-state index in [9.17, 15) is 14.4 Å². The van der Waals surface area contributed by atoms with Crippen molar-refractivity contribution in [1.82, 2.24) is 0 Å². The van der Waals surface area contributed by atoms with Crippen LogP contribution in [-0.4, -0.2) is 37.2 Å². The quantitative estimate of drug-likeness (QED) is 0.0274. The zero-order valence-corrected chi connectivity index (χ0v) is 33.6. The first-order chi connectivity index (χ1) is 25.0. The van der Waals surface area contributed by atoms with Gasteiger partial charge in [0.25, 0.3) is 0 Å². The number of hydrogen-bond donors (Lipinski definition) is 0. The number of hydrogen-bond acceptors (Lipinski definition) is 6. The molecule has 0 aliphatic rings. The largest absolute Gasteiger partial charge is 0.462 e. The van der Waals surface area contributed by atoms with Crippen molar-refractivity contribution in [3.05, 3.63) is 36.5 Å². The molecule has 0 aromatic carbocycles. The van der Waals surface area contributed by atoms with Gasteiger partial charge >= 0.3 is 17.9 Å². The first-order valence-corrected chi connectivity index (χ1v) is 21.5. The van der Waals surface area contributed by atoms with E-state index in [4.69, 9.17) is 14.2 Å². The summed E-state index contributed by atoms with van der Waals surface area (Å²) >= 11 is 0. The minimum Gasteiger partial charge on any atom is -0.462 e. The molecular formula is C45H80O6. The lowest BCUT2D eigenvalue weighted by molar-refractivity contribution is -0.167. The van der Waals surface area contributed by atoms with Gasteiger partial charge in [0.1, 0.15) is 13.2 Å². The summed E-state index contributed by atoms with van der Waals surface area (Å²) < 4.78 is 16.6.